The molecule has 0 aliphatic heterocycles. The molecule has 0 heterocycles. The van der Waals surface area contributed by atoms with E-state index in [1.54, 1.807) is 0 Å². The molecule has 0 spiro atoms. The van der Waals surface area contributed by atoms with Crippen LogP contribution in [-0.4, -0.2) is 15.0 Å². The molecule has 0 aromatic rings. The monoisotopic (exact) mass is 151 g/mol. The van der Waals surface area contributed by atoms with Crippen LogP contribution in [0.5, 0.6) is 0 Å². The molecular formula is CH4KO2S2+. The molecule has 32 valence electrons. The van der Waals surface area contributed by atoms with Crippen LogP contribution in [-0.2, 0) is 20.0 Å². The van der Waals surface area contributed by atoms with E-state index in [2.05, 4.69) is 11.2 Å². The Morgan fingerprint density at radius 2 is 1.83 bits per heavy atom. The van der Waals surface area contributed by atoms with Crippen molar-refractivity contribution in [2.45, 2.75) is 0 Å². The fourth-order valence-corrected chi connectivity index (χ4v) is 0. The fourth-order valence-electron chi connectivity index (χ4n) is 0. The molecule has 1 atom stereocenters. The summed E-state index contributed by atoms with van der Waals surface area (Å²) in [6.07, 6.45) is 1.09. The Hall–Kier alpha value is 1.97. The van der Waals surface area contributed by atoms with Gasteiger partial charge in [0.15, 0.2) is 0 Å². The summed E-state index contributed by atoms with van der Waals surface area (Å²) in [7, 11) is -2.83. The Balaban J connectivity index is 0. The molecule has 6 heavy (non-hydrogen) atoms. The Morgan fingerprint density at radius 3 is 1.83 bits per heavy atom. The van der Waals surface area contributed by atoms with Gasteiger partial charge in [-0.05, 0) is 0 Å². The summed E-state index contributed by atoms with van der Waals surface area (Å²) in [5.74, 6) is 0. The van der Waals surface area contributed by atoms with Crippen molar-refractivity contribution in [3.05, 3.63) is 0 Å². The third-order valence-corrected chi connectivity index (χ3v) is 0. The van der Waals surface area contributed by atoms with Crippen molar-refractivity contribution in [1.29, 1.82) is 0 Å². The molecule has 0 fully saturated rings. The molecule has 0 bridgehead atoms. The molecular weight excluding hydrogens is 147 g/mol. The second-order valence-corrected chi connectivity index (χ2v) is 4.05. The van der Waals surface area contributed by atoms with Crippen LogP contribution in [0.15, 0.2) is 0 Å². The average molecular weight is 151 g/mol. The Labute approximate surface area is 84.6 Å². The molecule has 0 rings (SSSR count). The zero-order chi connectivity index (χ0) is 4.50. The van der Waals surface area contributed by atoms with Gasteiger partial charge in [-0.3, -0.25) is 0 Å². The molecule has 1 unspecified atom stereocenters. The van der Waals surface area contributed by atoms with Crippen molar-refractivity contribution in [3.8, 4) is 0 Å². The maximum Gasteiger partial charge on any atom is 1.00 e. The molecule has 0 amide bonds. The number of hydrogen-bond acceptors (Lipinski definition) is 2. The van der Waals surface area contributed by atoms with Gasteiger partial charge in [0, 0.05) is 17.4 Å². The normalized spacial score (nSPS) is 17.7. The summed E-state index contributed by atoms with van der Waals surface area (Å²) < 4.78 is 17.4. The van der Waals surface area contributed by atoms with E-state index in [1.165, 1.54) is 0 Å². The predicted molar refractivity (Wildman–Crippen MR) is 24.1 cm³/mol. The zero-order valence-electron chi connectivity index (χ0n) is 3.67. The van der Waals surface area contributed by atoms with Crippen molar-refractivity contribution in [1.82, 2.24) is 0 Å². The van der Waals surface area contributed by atoms with Crippen LogP contribution in [0.4, 0.5) is 0 Å². The summed E-state index contributed by atoms with van der Waals surface area (Å²) in [4.78, 5) is 0. The SMILES string of the molecule is CS(=O)(O)=S.[K+]. The third-order valence-electron chi connectivity index (χ3n) is 0. The Morgan fingerprint density at radius 1 is 1.83 bits per heavy atom. The van der Waals surface area contributed by atoms with Crippen molar-refractivity contribution >= 4 is 20.0 Å². The largest absolute Gasteiger partial charge is 1.00 e. The van der Waals surface area contributed by atoms with Gasteiger partial charge in [0.25, 0.3) is 0 Å². The molecule has 0 aromatic heterocycles. The summed E-state index contributed by atoms with van der Waals surface area (Å²) in [5, 5.41) is 0. The van der Waals surface area contributed by atoms with Gasteiger partial charge in [-0.25, -0.2) is 4.21 Å². The summed E-state index contributed by atoms with van der Waals surface area (Å²) in [6, 6.07) is 0. The first-order valence-electron chi connectivity index (χ1n) is 0.924. The van der Waals surface area contributed by atoms with Crippen molar-refractivity contribution in [2.24, 2.45) is 0 Å². The molecule has 0 saturated heterocycles. The van der Waals surface area contributed by atoms with Gasteiger partial charge in [0.2, 0.25) is 0 Å². The van der Waals surface area contributed by atoms with E-state index in [0.29, 0.717) is 0 Å². The van der Waals surface area contributed by atoms with Gasteiger partial charge in [-0.15, -0.1) is 0 Å². The van der Waals surface area contributed by atoms with E-state index in [1.807, 2.05) is 0 Å². The van der Waals surface area contributed by atoms with E-state index >= 15 is 0 Å². The summed E-state index contributed by atoms with van der Waals surface area (Å²) in [6.45, 7) is 0. The van der Waals surface area contributed by atoms with Crippen molar-refractivity contribution < 1.29 is 60.1 Å². The topological polar surface area (TPSA) is 37.3 Å². The standard InChI is InChI=1S/CH4O2S2.K/c1-5(2,3)4;/h1H3,(H,2,3,4);/q;+1. The van der Waals surface area contributed by atoms with Crippen LogP contribution in [0, 0.1) is 0 Å². The molecule has 5 heteroatoms. The fraction of sp³-hybridized carbons (Fsp3) is 1.00. The van der Waals surface area contributed by atoms with Gasteiger partial charge in [0.1, 0.15) is 8.77 Å². The minimum atomic E-state index is -2.83. The van der Waals surface area contributed by atoms with Crippen LogP contribution in [0.1, 0.15) is 0 Å². The maximum atomic E-state index is 9.56. The van der Waals surface area contributed by atoms with Gasteiger partial charge < -0.3 is 4.55 Å². The first-order chi connectivity index (χ1) is 2.00. The molecule has 0 aliphatic rings. The maximum absolute atomic E-state index is 9.56. The second kappa shape index (κ2) is 3.91. The zero-order valence-corrected chi connectivity index (χ0v) is 8.43. The third kappa shape index (κ3) is 38.1. The van der Waals surface area contributed by atoms with Gasteiger partial charge in [-0.1, -0.05) is 0 Å². The molecule has 2 nitrogen and oxygen atoms in total. The second-order valence-electron chi connectivity index (χ2n) is 0.733. The summed E-state index contributed by atoms with van der Waals surface area (Å²) >= 11 is 3.91. The summed E-state index contributed by atoms with van der Waals surface area (Å²) in [5.41, 5.74) is 0. The first kappa shape index (κ1) is 10.9. The van der Waals surface area contributed by atoms with Crippen LogP contribution >= 0.6 is 0 Å². The van der Waals surface area contributed by atoms with Crippen LogP contribution in [0.3, 0.4) is 0 Å². The van der Waals surface area contributed by atoms with Crippen molar-refractivity contribution in [2.75, 3.05) is 6.26 Å². The number of hydrogen-bond donors (Lipinski definition) is 1. The molecule has 0 aromatic carbocycles. The van der Waals surface area contributed by atoms with E-state index in [4.69, 9.17) is 4.55 Å². The van der Waals surface area contributed by atoms with Crippen LogP contribution in [0.2, 0.25) is 0 Å². The number of rotatable bonds is 0. The average Bonchev–Trinajstić information content (AvgIpc) is 0.722. The Bertz CT molecular complexity index is 94.7. The first-order valence-corrected chi connectivity index (χ1v) is 3.77. The van der Waals surface area contributed by atoms with E-state index in [-0.39, 0.29) is 51.4 Å². The minimum absolute atomic E-state index is 0. The van der Waals surface area contributed by atoms with Gasteiger partial charge >= 0.3 is 51.4 Å². The molecule has 1 N–H and O–H groups in total. The van der Waals surface area contributed by atoms with Gasteiger partial charge in [-0.2, -0.15) is 0 Å². The van der Waals surface area contributed by atoms with E-state index in [9.17, 15) is 4.21 Å². The van der Waals surface area contributed by atoms with Crippen LogP contribution in [0.25, 0.3) is 0 Å². The smallest absolute Gasteiger partial charge is 0.306 e. The molecule has 0 aliphatic carbocycles. The Kier molecular flexibility index (Phi) is 7.07. The molecule has 0 saturated carbocycles. The predicted octanol–water partition coefficient (Wildman–Crippen LogP) is -3.16. The van der Waals surface area contributed by atoms with Crippen molar-refractivity contribution in [3.63, 3.8) is 0 Å². The van der Waals surface area contributed by atoms with Gasteiger partial charge in [0.05, 0.1) is 0 Å². The molecule has 0 radical (unpaired) electrons. The van der Waals surface area contributed by atoms with E-state index in [0.717, 1.165) is 6.26 Å². The van der Waals surface area contributed by atoms with E-state index < -0.39 is 8.77 Å². The quantitative estimate of drug-likeness (QED) is 0.371. The minimum Gasteiger partial charge on any atom is -0.306 e. The van der Waals surface area contributed by atoms with Crippen LogP contribution < -0.4 is 51.4 Å².